The van der Waals surface area contributed by atoms with Crippen molar-refractivity contribution in [2.24, 2.45) is 0 Å². The van der Waals surface area contributed by atoms with E-state index in [2.05, 4.69) is 0 Å². The van der Waals surface area contributed by atoms with Crippen LogP contribution < -0.4 is 4.74 Å². The summed E-state index contributed by atoms with van der Waals surface area (Å²) in [7, 11) is -4.65. The van der Waals surface area contributed by atoms with Gasteiger partial charge in [-0.1, -0.05) is 12.1 Å². The lowest BCUT2D eigenvalue weighted by atomic mass is 10.2. The van der Waals surface area contributed by atoms with Crippen LogP contribution in [0.25, 0.3) is 0 Å². The molecule has 5 heteroatoms. The van der Waals surface area contributed by atoms with E-state index in [0.717, 1.165) is 5.56 Å². The molecule has 18 heavy (non-hydrogen) atoms. The van der Waals surface area contributed by atoms with E-state index in [1.807, 2.05) is 25.1 Å². The molecule has 0 atom stereocenters. The predicted octanol–water partition coefficient (Wildman–Crippen LogP) is 3.45. The van der Waals surface area contributed by atoms with Gasteiger partial charge >= 0.3 is 10.2 Å². The van der Waals surface area contributed by atoms with Crippen molar-refractivity contribution in [3.8, 4) is 11.5 Å². The van der Waals surface area contributed by atoms with E-state index in [1.165, 1.54) is 24.3 Å². The van der Waals surface area contributed by atoms with Gasteiger partial charge in [-0.2, -0.15) is 8.42 Å². The highest BCUT2D eigenvalue weighted by molar-refractivity contribution is 7.86. The lowest BCUT2D eigenvalue weighted by molar-refractivity contribution is 0.481. The van der Waals surface area contributed by atoms with Crippen LogP contribution in [0.5, 0.6) is 11.5 Å². The van der Waals surface area contributed by atoms with Gasteiger partial charge in [0.05, 0.1) is 4.90 Å². The van der Waals surface area contributed by atoms with Gasteiger partial charge in [-0.3, -0.25) is 0 Å². The number of halogens is 1. The van der Waals surface area contributed by atoms with E-state index >= 15 is 0 Å². The summed E-state index contributed by atoms with van der Waals surface area (Å²) in [5.74, 6) is 1.10. The van der Waals surface area contributed by atoms with Crippen LogP contribution in [0, 0.1) is 6.92 Å². The molecule has 3 nitrogen and oxygen atoms in total. The summed E-state index contributed by atoms with van der Waals surface area (Å²) in [5.41, 5.74) is 1.05. The molecule has 0 saturated heterocycles. The molecule has 0 aliphatic heterocycles. The SMILES string of the molecule is Cc1cccc(Oc2ccc(S(=O)(=O)F)cc2)c1. The van der Waals surface area contributed by atoms with Crippen LogP contribution in [0.3, 0.4) is 0 Å². The van der Waals surface area contributed by atoms with Gasteiger partial charge in [0.15, 0.2) is 0 Å². The highest BCUT2D eigenvalue weighted by atomic mass is 32.3. The standard InChI is InChI=1S/C13H11FO3S/c1-10-3-2-4-12(9-10)17-11-5-7-13(8-6-11)18(14,15)16/h2-9H,1H3. The Bertz CT molecular complexity index is 648. The highest BCUT2D eigenvalue weighted by Gasteiger charge is 2.11. The van der Waals surface area contributed by atoms with Gasteiger partial charge in [-0.05, 0) is 48.9 Å². The summed E-state index contributed by atoms with van der Waals surface area (Å²) in [6.07, 6.45) is 0. The Kier molecular flexibility index (Phi) is 3.34. The van der Waals surface area contributed by atoms with Crippen molar-refractivity contribution in [2.75, 3.05) is 0 Å². The molecule has 0 aliphatic carbocycles. The van der Waals surface area contributed by atoms with Gasteiger partial charge in [0.2, 0.25) is 0 Å². The van der Waals surface area contributed by atoms with Crippen LogP contribution in [0.15, 0.2) is 53.4 Å². The van der Waals surface area contributed by atoms with Gasteiger partial charge in [-0.15, -0.1) is 3.89 Å². The summed E-state index contributed by atoms with van der Waals surface area (Å²) < 4.78 is 39.5. The first-order chi connectivity index (χ1) is 8.45. The maximum Gasteiger partial charge on any atom is 0.332 e. The van der Waals surface area contributed by atoms with E-state index in [1.54, 1.807) is 6.07 Å². The zero-order chi connectivity index (χ0) is 13.2. The summed E-state index contributed by atoms with van der Waals surface area (Å²) >= 11 is 0. The number of hydrogen-bond donors (Lipinski definition) is 0. The third-order valence-corrected chi connectivity index (χ3v) is 3.17. The summed E-state index contributed by atoms with van der Waals surface area (Å²) in [6, 6.07) is 12.6. The van der Waals surface area contributed by atoms with E-state index in [4.69, 9.17) is 4.74 Å². The summed E-state index contributed by atoms with van der Waals surface area (Å²) in [4.78, 5) is -0.376. The zero-order valence-corrected chi connectivity index (χ0v) is 10.4. The normalized spacial score (nSPS) is 11.2. The Hall–Kier alpha value is -1.88. The monoisotopic (exact) mass is 266 g/mol. The van der Waals surface area contributed by atoms with Gasteiger partial charge in [0.25, 0.3) is 0 Å². The van der Waals surface area contributed by atoms with Crippen molar-refractivity contribution in [3.05, 3.63) is 54.1 Å². The van der Waals surface area contributed by atoms with Crippen molar-refractivity contribution < 1.29 is 17.0 Å². The van der Waals surface area contributed by atoms with Gasteiger partial charge in [-0.25, -0.2) is 0 Å². The Morgan fingerprint density at radius 1 is 1.00 bits per heavy atom. The molecule has 0 aromatic heterocycles. The van der Waals surface area contributed by atoms with Crippen LogP contribution in [0.1, 0.15) is 5.56 Å². The van der Waals surface area contributed by atoms with Crippen molar-refractivity contribution in [1.29, 1.82) is 0 Å². The molecule has 2 rings (SSSR count). The molecule has 0 aliphatic rings. The van der Waals surface area contributed by atoms with Crippen molar-refractivity contribution in [2.45, 2.75) is 11.8 Å². The third-order valence-electron chi connectivity index (χ3n) is 2.33. The van der Waals surface area contributed by atoms with Crippen LogP contribution in [-0.4, -0.2) is 8.42 Å². The van der Waals surface area contributed by atoms with Crippen LogP contribution in [0.2, 0.25) is 0 Å². The molecule has 0 bridgehead atoms. The number of rotatable bonds is 3. The predicted molar refractivity (Wildman–Crippen MR) is 66.0 cm³/mol. The quantitative estimate of drug-likeness (QED) is 0.799. The minimum Gasteiger partial charge on any atom is -0.457 e. The second-order valence-electron chi connectivity index (χ2n) is 3.83. The lowest BCUT2D eigenvalue weighted by Gasteiger charge is -2.06. The average Bonchev–Trinajstić information content (AvgIpc) is 2.28. The first-order valence-electron chi connectivity index (χ1n) is 5.24. The van der Waals surface area contributed by atoms with E-state index < -0.39 is 10.2 Å². The maximum absolute atomic E-state index is 12.7. The number of benzene rings is 2. The highest BCUT2D eigenvalue weighted by Crippen LogP contribution is 2.24. The van der Waals surface area contributed by atoms with Crippen molar-refractivity contribution >= 4 is 10.2 Å². The Balaban J connectivity index is 2.21. The first kappa shape index (κ1) is 12.6. The molecule has 0 radical (unpaired) electrons. The molecule has 94 valence electrons. The van der Waals surface area contributed by atoms with Crippen LogP contribution in [0.4, 0.5) is 3.89 Å². The molecule has 0 spiro atoms. The second-order valence-corrected chi connectivity index (χ2v) is 5.17. The minimum atomic E-state index is -4.65. The number of aryl methyl sites for hydroxylation is 1. The van der Waals surface area contributed by atoms with Gasteiger partial charge < -0.3 is 4.74 Å². The summed E-state index contributed by atoms with van der Waals surface area (Å²) in [6.45, 7) is 1.94. The smallest absolute Gasteiger partial charge is 0.332 e. The Labute approximate surface area is 105 Å². The lowest BCUT2D eigenvalue weighted by Crippen LogP contribution is -1.91. The molecule has 0 amide bonds. The number of hydrogen-bond acceptors (Lipinski definition) is 3. The summed E-state index contributed by atoms with van der Waals surface area (Å²) in [5, 5.41) is 0. The van der Waals surface area contributed by atoms with E-state index in [-0.39, 0.29) is 4.90 Å². The minimum absolute atomic E-state index is 0.376. The molecule has 0 N–H and O–H groups in total. The van der Waals surface area contributed by atoms with Crippen LogP contribution in [-0.2, 0) is 10.2 Å². The molecule has 2 aromatic carbocycles. The molecule has 0 heterocycles. The van der Waals surface area contributed by atoms with Crippen LogP contribution >= 0.6 is 0 Å². The Morgan fingerprint density at radius 3 is 2.22 bits per heavy atom. The molecular formula is C13H11FO3S. The van der Waals surface area contributed by atoms with E-state index in [9.17, 15) is 12.3 Å². The molecular weight excluding hydrogens is 255 g/mol. The fourth-order valence-electron chi connectivity index (χ4n) is 1.49. The number of ether oxygens (including phenoxy) is 1. The van der Waals surface area contributed by atoms with Crippen molar-refractivity contribution in [1.82, 2.24) is 0 Å². The van der Waals surface area contributed by atoms with Gasteiger partial charge in [0.1, 0.15) is 11.5 Å². The average molecular weight is 266 g/mol. The van der Waals surface area contributed by atoms with Gasteiger partial charge in [0, 0.05) is 0 Å². The fraction of sp³-hybridized carbons (Fsp3) is 0.0769. The fourth-order valence-corrected chi connectivity index (χ4v) is 1.95. The molecule has 0 fully saturated rings. The van der Waals surface area contributed by atoms with Crippen molar-refractivity contribution in [3.63, 3.8) is 0 Å². The molecule has 2 aromatic rings. The largest absolute Gasteiger partial charge is 0.457 e. The third kappa shape index (κ3) is 3.07. The molecule has 0 unspecified atom stereocenters. The molecule has 0 saturated carbocycles. The topological polar surface area (TPSA) is 43.4 Å². The Morgan fingerprint density at radius 2 is 1.67 bits per heavy atom. The second kappa shape index (κ2) is 4.78. The maximum atomic E-state index is 12.7. The van der Waals surface area contributed by atoms with E-state index in [0.29, 0.717) is 11.5 Å². The first-order valence-corrected chi connectivity index (χ1v) is 6.63. The zero-order valence-electron chi connectivity index (χ0n) is 9.63.